The Kier molecular flexibility index (Phi) is 2.45. The van der Waals surface area contributed by atoms with E-state index < -0.39 is 5.91 Å². The van der Waals surface area contributed by atoms with Crippen LogP contribution in [0.3, 0.4) is 0 Å². The Morgan fingerprint density at radius 3 is 3.00 bits per heavy atom. The minimum atomic E-state index is -0.412. The van der Waals surface area contributed by atoms with E-state index in [9.17, 15) is 9.59 Å². The summed E-state index contributed by atoms with van der Waals surface area (Å²) in [5, 5.41) is 0. The fourth-order valence-electron chi connectivity index (χ4n) is 1.71. The third kappa shape index (κ3) is 2.01. The normalized spacial score (nSPS) is 20.9. The number of nitrogens with two attached hydrogens (primary N) is 1. The van der Waals surface area contributed by atoms with Gasteiger partial charge in [-0.1, -0.05) is 0 Å². The molecule has 1 aliphatic heterocycles. The van der Waals surface area contributed by atoms with Gasteiger partial charge in [0.2, 0.25) is 11.8 Å². The smallest absolute Gasteiger partial charge is 0.223 e. The lowest BCUT2D eigenvalue weighted by Gasteiger charge is -2.13. The predicted molar refractivity (Wildman–Crippen MR) is 51.4 cm³/mol. The highest BCUT2D eigenvalue weighted by atomic mass is 16.3. The van der Waals surface area contributed by atoms with Gasteiger partial charge in [-0.2, -0.15) is 0 Å². The van der Waals surface area contributed by atoms with Crippen molar-refractivity contribution >= 4 is 11.8 Å². The van der Waals surface area contributed by atoms with E-state index >= 15 is 0 Å². The van der Waals surface area contributed by atoms with E-state index in [0.29, 0.717) is 18.8 Å². The fourth-order valence-corrected chi connectivity index (χ4v) is 1.71. The van der Waals surface area contributed by atoms with Gasteiger partial charge in [0.25, 0.3) is 0 Å². The number of furan rings is 1. The van der Waals surface area contributed by atoms with Crippen molar-refractivity contribution in [2.45, 2.75) is 13.0 Å². The largest absolute Gasteiger partial charge is 0.467 e. The van der Waals surface area contributed by atoms with E-state index in [2.05, 4.69) is 0 Å². The Bertz CT molecular complexity index is 372. The quantitative estimate of drug-likeness (QED) is 0.766. The molecule has 0 saturated carbocycles. The maximum absolute atomic E-state index is 11.5. The SMILES string of the molecule is NC(=O)[C@@H]1CC(=O)N(Cc2ccco2)C1. The molecule has 1 aromatic heterocycles. The molecule has 2 heterocycles. The summed E-state index contributed by atoms with van der Waals surface area (Å²) >= 11 is 0. The summed E-state index contributed by atoms with van der Waals surface area (Å²) in [6.07, 6.45) is 1.78. The van der Waals surface area contributed by atoms with E-state index in [-0.39, 0.29) is 18.2 Å². The van der Waals surface area contributed by atoms with Gasteiger partial charge in [0.05, 0.1) is 18.7 Å². The number of carbonyl (C=O) groups excluding carboxylic acids is 2. The number of hydrogen-bond acceptors (Lipinski definition) is 3. The summed E-state index contributed by atoms with van der Waals surface area (Å²) in [6, 6.07) is 3.56. The molecule has 1 atom stereocenters. The Hall–Kier alpha value is -1.78. The Labute approximate surface area is 86.8 Å². The molecule has 0 spiro atoms. The average Bonchev–Trinajstić information content (AvgIpc) is 2.77. The van der Waals surface area contributed by atoms with Gasteiger partial charge < -0.3 is 15.1 Å². The lowest BCUT2D eigenvalue weighted by atomic mass is 10.1. The van der Waals surface area contributed by atoms with E-state index in [1.54, 1.807) is 23.3 Å². The second kappa shape index (κ2) is 3.76. The van der Waals surface area contributed by atoms with Gasteiger partial charge in [0.1, 0.15) is 5.76 Å². The number of carbonyl (C=O) groups is 2. The standard InChI is InChI=1S/C10H12N2O3/c11-10(14)7-4-9(13)12(5-7)6-8-2-1-3-15-8/h1-3,7H,4-6H2,(H2,11,14)/t7-/m1/s1. The highest BCUT2D eigenvalue weighted by Gasteiger charge is 2.33. The third-order valence-electron chi connectivity index (χ3n) is 2.54. The minimum Gasteiger partial charge on any atom is -0.467 e. The molecular formula is C10H12N2O3. The fraction of sp³-hybridized carbons (Fsp3) is 0.400. The summed E-state index contributed by atoms with van der Waals surface area (Å²) in [5.41, 5.74) is 5.15. The Morgan fingerprint density at radius 1 is 1.67 bits per heavy atom. The molecule has 1 saturated heterocycles. The van der Waals surface area contributed by atoms with E-state index in [1.807, 2.05) is 0 Å². The molecule has 0 bridgehead atoms. The number of hydrogen-bond donors (Lipinski definition) is 1. The Morgan fingerprint density at radius 2 is 2.47 bits per heavy atom. The van der Waals surface area contributed by atoms with E-state index in [0.717, 1.165) is 0 Å². The van der Waals surface area contributed by atoms with Crippen LogP contribution >= 0.6 is 0 Å². The number of nitrogens with zero attached hydrogens (tertiary/aromatic N) is 1. The van der Waals surface area contributed by atoms with Crippen LogP contribution in [0, 0.1) is 5.92 Å². The van der Waals surface area contributed by atoms with Crippen molar-refractivity contribution in [3.8, 4) is 0 Å². The van der Waals surface area contributed by atoms with Crippen molar-refractivity contribution < 1.29 is 14.0 Å². The Balaban J connectivity index is 2.00. The zero-order valence-electron chi connectivity index (χ0n) is 8.18. The zero-order chi connectivity index (χ0) is 10.8. The van der Waals surface area contributed by atoms with Crippen molar-refractivity contribution in [1.29, 1.82) is 0 Å². The van der Waals surface area contributed by atoms with Gasteiger partial charge in [0, 0.05) is 13.0 Å². The van der Waals surface area contributed by atoms with Crippen molar-refractivity contribution in [1.82, 2.24) is 4.90 Å². The first-order valence-electron chi connectivity index (χ1n) is 4.76. The third-order valence-corrected chi connectivity index (χ3v) is 2.54. The van der Waals surface area contributed by atoms with Crippen LogP contribution in [0.15, 0.2) is 22.8 Å². The molecule has 5 heteroatoms. The van der Waals surface area contributed by atoms with Crippen molar-refractivity contribution in [2.75, 3.05) is 6.54 Å². The van der Waals surface area contributed by atoms with Crippen LogP contribution in [-0.2, 0) is 16.1 Å². The molecule has 0 aliphatic carbocycles. The first-order chi connectivity index (χ1) is 7.16. The summed E-state index contributed by atoms with van der Waals surface area (Å²) in [6.45, 7) is 0.810. The molecule has 0 aromatic carbocycles. The lowest BCUT2D eigenvalue weighted by molar-refractivity contribution is -0.129. The van der Waals surface area contributed by atoms with Crippen molar-refractivity contribution in [3.05, 3.63) is 24.2 Å². The molecular weight excluding hydrogens is 196 g/mol. The predicted octanol–water partition coefficient (Wildman–Crippen LogP) is 0.113. The first-order valence-corrected chi connectivity index (χ1v) is 4.76. The molecule has 15 heavy (non-hydrogen) atoms. The van der Waals surface area contributed by atoms with Gasteiger partial charge >= 0.3 is 0 Å². The van der Waals surface area contributed by atoms with Gasteiger partial charge in [-0.25, -0.2) is 0 Å². The molecule has 1 aliphatic rings. The molecule has 2 amide bonds. The summed E-state index contributed by atoms with van der Waals surface area (Å²) in [4.78, 5) is 24.0. The second-order valence-corrected chi connectivity index (χ2v) is 3.66. The van der Waals surface area contributed by atoms with Crippen LogP contribution in [0.25, 0.3) is 0 Å². The minimum absolute atomic E-state index is 0.0461. The zero-order valence-corrected chi connectivity index (χ0v) is 8.18. The van der Waals surface area contributed by atoms with Crippen LogP contribution in [-0.4, -0.2) is 23.3 Å². The molecule has 0 radical (unpaired) electrons. The monoisotopic (exact) mass is 208 g/mol. The lowest BCUT2D eigenvalue weighted by Crippen LogP contribution is -2.28. The maximum atomic E-state index is 11.5. The number of primary amides is 1. The average molecular weight is 208 g/mol. The first kappa shape index (κ1) is 9.76. The summed E-state index contributed by atoms with van der Waals surface area (Å²) in [5.74, 6) is -0.0959. The van der Waals surface area contributed by atoms with Crippen LogP contribution in [0.4, 0.5) is 0 Å². The molecule has 1 fully saturated rings. The highest BCUT2D eigenvalue weighted by Crippen LogP contribution is 2.19. The molecule has 2 N–H and O–H groups in total. The molecule has 1 aromatic rings. The van der Waals surface area contributed by atoms with Gasteiger partial charge in [-0.15, -0.1) is 0 Å². The molecule has 80 valence electrons. The van der Waals surface area contributed by atoms with Gasteiger partial charge in [-0.05, 0) is 12.1 Å². The van der Waals surface area contributed by atoms with E-state index in [1.165, 1.54) is 0 Å². The van der Waals surface area contributed by atoms with Crippen molar-refractivity contribution in [2.24, 2.45) is 11.7 Å². The van der Waals surface area contributed by atoms with Crippen LogP contribution < -0.4 is 5.73 Å². The molecule has 0 unspecified atom stereocenters. The summed E-state index contributed by atoms with van der Waals surface area (Å²) in [7, 11) is 0. The second-order valence-electron chi connectivity index (χ2n) is 3.66. The molecule has 2 rings (SSSR count). The topological polar surface area (TPSA) is 76.5 Å². The van der Waals surface area contributed by atoms with Crippen molar-refractivity contribution in [3.63, 3.8) is 0 Å². The maximum Gasteiger partial charge on any atom is 0.223 e. The number of amides is 2. The number of rotatable bonds is 3. The highest BCUT2D eigenvalue weighted by molar-refractivity contribution is 5.88. The molecule has 5 nitrogen and oxygen atoms in total. The van der Waals surface area contributed by atoms with E-state index in [4.69, 9.17) is 10.2 Å². The van der Waals surface area contributed by atoms with Crippen LogP contribution in [0.1, 0.15) is 12.2 Å². The van der Waals surface area contributed by atoms with Crippen LogP contribution in [0.2, 0.25) is 0 Å². The van der Waals surface area contributed by atoms with Gasteiger partial charge in [0.15, 0.2) is 0 Å². The van der Waals surface area contributed by atoms with Gasteiger partial charge in [-0.3, -0.25) is 9.59 Å². The summed E-state index contributed by atoms with van der Waals surface area (Å²) < 4.78 is 5.13. The van der Waals surface area contributed by atoms with Crippen LogP contribution in [0.5, 0.6) is 0 Å². The number of likely N-dealkylation sites (tertiary alicyclic amines) is 1.